The summed E-state index contributed by atoms with van der Waals surface area (Å²) < 4.78 is 38.9. The van der Waals surface area contributed by atoms with Gasteiger partial charge in [0.05, 0.1) is 12.4 Å². The van der Waals surface area contributed by atoms with Gasteiger partial charge in [0.1, 0.15) is 11.3 Å². The second-order valence-corrected chi connectivity index (χ2v) is 9.06. The maximum atomic E-state index is 12.4. The third-order valence-corrected chi connectivity index (χ3v) is 6.45. The van der Waals surface area contributed by atoms with Crippen LogP contribution in [0.2, 0.25) is 0 Å². The number of oxazole rings is 1. The van der Waals surface area contributed by atoms with Crippen LogP contribution >= 0.6 is 0 Å². The van der Waals surface area contributed by atoms with Crippen LogP contribution in [0, 0.1) is 0 Å². The van der Waals surface area contributed by atoms with Gasteiger partial charge in [0.25, 0.3) is 6.01 Å². The Hall–Kier alpha value is -2.58. The molecule has 2 aromatic carbocycles. The first kappa shape index (κ1) is 19.7. The number of anilines is 1. The van der Waals surface area contributed by atoms with E-state index < -0.39 is 10.0 Å². The summed E-state index contributed by atoms with van der Waals surface area (Å²) in [6, 6.07) is 17.6. The molecule has 1 aliphatic rings. The highest BCUT2D eigenvalue weighted by Gasteiger charge is 2.29. The van der Waals surface area contributed by atoms with Gasteiger partial charge in [0.15, 0.2) is 5.58 Å². The predicted octanol–water partition coefficient (Wildman–Crippen LogP) is 3.19. The average Bonchev–Trinajstić information content (AvgIpc) is 3.37. The van der Waals surface area contributed by atoms with Crippen LogP contribution in [0.1, 0.15) is 19.3 Å². The predicted molar refractivity (Wildman–Crippen MR) is 113 cm³/mol. The largest absolute Gasteiger partial charge is 0.494 e. The van der Waals surface area contributed by atoms with E-state index in [-0.39, 0.29) is 11.8 Å². The van der Waals surface area contributed by atoms with E-state index in [1.54, 1.807) is 0 Å². The summed E-state index contributed by atoms with van der Waals surface area (Å²) in [6.45, 7) is 1.52. The number of benzene rings is 2. The fourth-order valence-corrected chi connectivity index (χ4v) is 4.62. The van der Waals surface area contributed by atoms with E-state index in [0.717, 1.165) is 36.2 Å². The van der Waals surface area contributed by atoms with Crippen molar-refractivity contribution in [1.29, 1.82) is 0 Å². The summed E-state index contributed by atoms with van der Waals surface area (Å²) >= 11 is 0. The zero-order chi connectivity index (χ0) is 20.1. The molecule has 1 fully saturated rings. The summed E-state index contributed by atoms with van der Waals surface area (Å²) in [5.41, 5.74) is 1.55. The lowest BCUT2D eigenvalue weighted by Gasteiger charge is -2.23. The number of aromatic nitrogens is 1. The van der Waals surface area contributed by atoms with Gasteiger partial charge >= 0.3 is 0 Å². The maximum absolute atomic E-state index is 12.4. The Bertz CT molecular complexity index is 1000. The highest BCUT2D eigenvalue weighted by molar-refractivity contribution is 7.89. The summed E-state index contributed by atoms with van der Waals surface area (Å²) in [6.07, 6.45) is 2.32. The number of rotatable bonds is 9. The molecule has 1 unspecified atom stereocenters. The monoisotopic (exact) mass is 415 g/mol. The van der Waals surface area contributed by atoms with Crippen molar-refractivity contribution in [2.24, 2.45) is 0 Å². The minimum absolute atomic E-state index is 0.0371. The molecule has 1 aromatic heterocycles. The first-order chi connectivity index (χ1) is 14.1. The minimum Gasteiger partial charge on any atom is -0.494 e. The fraction of sp³-hybridized carbons (Fsp3) is 0.381. The second-order valence-electron chi connectivity index (χ2n) is 7.14. The number of hydrogen-bond donors (Lipinski definition) is 1. The van der Waals surface area contributed by atoms with E-state index >= 15 is 0 Å². The Morgan fingerprint density at radius 3 is 2.76 bits per heavy atom. The molecule has 0 aliphatic carbocycles. The molecule has 7 nitrogen and oxygen atoms in total. The van der Waals surface area contributed by atoms with E-state index in [2.05, 4.69) is 14.6 Å². The second kappa shape index (κ2) is 8.84. The van der Waals surface area contributed by atoms with Crippen molar-refractivity contribution in [3.8, 4) is 5.75 Å². The number of nitrogens with one attached hydrogen (secondary N) is 1. The van der Waals surface area contributed by atoms with Crippen molar-refractivity contribution >= 4 is 27.1 Å². The third kappa shape index (κ3) is 5.07. The Morgan fingerprint density at radius 2 is 1.93 bits per heavy atom. The van der Waals surface area contributed by atoms with E-state index in [4.69, 9.17) is 9.15 Å². The van der Waals surface area contributed by atoms with Crippen LogP contribution in [-0.2, 0) is 10.0 Å². The average molecular weight is 416 g/mol. The lowest BCUT2D eigenvalue weighted by atomic mass is 10.2. The Morgan fingerprint density at radius 1 is 1.14 bits per heavy atom. The molecule has 1 N–H and O–H groups in total. The van der Waals surface area contributed by atoms with E-state index in [9.17, 15) is 8.42 Å². The van der Waals surface area contributed by atoms with Gasteiger partial charge in [-0.1, -0.05) is 30.3 Å². The summed E-state index contributed by atoms with van der Waals surface area (Å²) in [7, 11) is -3.36. The number of ether oxygens (including phenoxy) is 1. The van der Waals surface area contributed by atoms with Gasteiger partial charge in [0.2, 0.25) is 10.0 Å². The van der Waals surface area contributed by atoms with Crippen LogP contribution in [0.15, 0.2) is 59.0 Å². The fourth-order valence-electron chi connectivity index (χ4n) is 3.53. The van der Waals surface area contributed by atoms with Gasteiger partial charge in [-0.15, -0.1) is 0 Å². The van der Waals surface area contributed by atoms with Crippen LogP contribution in [-0.4, -0.2) is 44.9 Å². The standard InChI is InChI=1S/C21H25N3O4S/c25-29(26,15-7-14-27-18-9-2-1-3-10-18)22-16-17-8-6-13-24(17)21-23-19-11-4-5-12-20(19)28-21/h1-5,9-12,17,22H,6-8,13-16H2. The van der Waals surface area contributed by atoms with E-state index in [0.29, 0.717) is 25.6 Å². The van der Waals surface area contributed by atoms with Crippen molar-refractivity contribution < 1.29 is 17.6 Å². The molecule has 29 heavy (non-hydrogen) atoms. The Labute approximate surface area is 170 Å². The molecule has 8 heteroatoms. The van der Waals surface area contributed by atoms with Crippen molar-refractivity contribution in [1.82, 2.24) is 9.71 Å². The highest BCUT2D eigenvalue weighted by Crippen LogP contribution is 2.28. The van der Waals surface area contributed by atoms with Crippen LogP contribution < -0.4 is 14.4 Å². The third-order valence-electron chi connectivity index (χ3n) is 5.01. The summed E-state index contributed by atoms with van der Waals surface area (Å²) in [4.78, 5) is 6.60. The zero-order valence-electron chi connectivity index (χ0n) is 16.2. The van der Waals surface area contributed by atoms with Gasteiger partial charge in [-0.25, -0.2) is 13.1 Å². The number of sulfonamides is 1. The molecule has 2 heterocycles. The molecule has 3 aromatic rings. The Balaban J connectivity index is 1.27. The van der Waals surface area contributed by atoms with Crippen molar-refractivity contribution in [3.63, 3.8) is 0 Å². The zero-order valence-corrected chi connectivity index (χ0v) is 17.0. The lowest BCUT2D eigenvalue weighted by Crippen LogP contribution is -2.41. The molecule has 4 rings (SSSR count). The quantitative estimate of drug-likeness (QED) is 0.541. The minimum atomic E-state index is -3.36. The first-order valence-electron chi connectivity index (χ1n) is 9.88. The number of nitrogens with zero attached hydrogens (tertiary/aromatic N) is 2. The maximum Gasteiger partial charge on any atom is 0.298 e. The molecule has 1 aliphatic heterocycles. The van der Waals surface area contributed by atoms with Crippen LogP contribution in [0.3, 0.4) is 0 Å². The number of fused-ring (bicyclic) bond motifs is 1. The smallest absolute Gasteiger partial charge is 0.298 e. The van der Waals surface area contributed by atoms with Gasteiger partial charge in [-0.2, -0.15) is 4.98 Å². The molecule has 0 spiro atoms. The summed E-state index contributed by atoms with van der Waals surface area (Å²) in [5.74, 6) is 0.785. The topological polar surface area (TPSA) is 84.7 Å². The normalized spacial score (nSPS) is 17.1. The molecule has 0 amide bonds. The highest BCUT2D eigenvalue weighted by atomic mass is 32.2. The SMILES string of the molecule is O=S(=O)(CCCOc1ccccc1)NCC1CCCN1c1nc2ccccc2o1. The molecule has 1 saturated heterocycles. The Kier molecular flexibility index (Phi) is 6.01. The number of para-hydroxylation sites is 3. The van der Waals surface area contributed by atoms with Crippen LogP contribution in [0.25, 0.3) is 11.1 Å². The molecule has 0 radical (unpaired) electrons. The molecule has 154 valence electrons. The molecule has 0 bridgehead atoms. The van der Waals surface area contributed by atoms with E-state index in [1.807, 2.05) is 54.6 Å². The molecule has 0 saturated carbocycles. The molecular weight excluding hydrogens is 390 g/mol. The van der Waals surface area contributed by atoms with Crippen molar-refractivity contribution in [2.45, 2.75) is 25.3 Å². The molecular formula is C21H25N3O4S. The van der Waals surface area contributed by atoms with Crippen molar-refractivity contribution in [3.05, 3.63) is 54.6 Å². The summed E-state index contributed by atoms with van der Waals surface area (Å²) in [5, 5.41) is 0. The van der Waals surface area contributed by atoms with Gasteiger partial charge in [0, 0.05) is 19.1 Å². The molecule has 1 atom stereocenters. The van der Waals surface area contributed by atoms with E-state index in [1.165, 1.54) is 0 Å². The number of hydrogen-bond acceptors (Lipinski definition) is 6. The lowest BCUT2D eigenvalue weighted by molar-refractivity contribution is 0.317. The van der Waals surface area contributed by atoms with Gasteiger partial charge in [-0.3, -0.25) is 0 Å². The van der Waals surface area contributed by atoms with Crippen LogP contribution in [0.5, 0.6) is 5.75 Å². The van der Waals surface area contributed by atoms with Crippen molar-refractivity contribution in [2.75, 3.05) is 30.3 Å². The van der Waals surface area contributed by atoms with Crippen LogP contribution in [0.4, 0.5) is 6.01 Å². The van der Waals surface area contributed by atoms with Gasteiger partial charge < -0.3 is 14.1 Å². The van der Waals surface area contributed by atoms with Gasteiger partial charge in [-0.05, 0) is 43.5 Å². The first-order valence-corrected chi connectivity index (χ1v) is 11.5.